The van der Waals surface area contributed by atoms with Crippen LogP contribution in [0.3, 0.4) is 0 Å². The van der Waals surface area contributed by atoms with Gasteiger partial charge in [-0.05, 0) is 11.6 Å². The quantitative estimate of drug-likeness (QED) is 0.773. The van der Waals surface area contributed by atoms with Gasteiger partial charge in [-0.15, -0.1) is 11.6 Å². The fourth-order valence-corrected chi connectivity index (χ4v) is 1.76. The van der Waals surface area contributed by atoms with Crippen LogP contribution < -0.4 is 0 Å². The number of hydrogen-bond donors (Lipinski definition) is 0. The van der Waals surface area contributed by atoms with Gasteiger partial charge in [0.15, 0.2) is 0 Å². The van der Waals surface area contributed by atoms with Crippen LogP contribution in [0.25, 0.3) is 0 Å². The molecule has 17 heavy (non-hydrogen) atoms. The molecule has 1 aromatic carbocycles. The molecule has 0 saturated carbocycles. The van der Waals surface area contributed by atoms with Crippen molar-refractivity contribution in [3.63, 3.8) is 0 Å². The first-order valence-electron chi connectivity index (χ1n) is 5.13. The van der Waals surface area contributed by atoms with Gasteiger partial charge in [0.1, 0.15) is 5.88 Å². The van der Waals surface area contributed by atoms with E-state index in [1.54, 1.807) is 6.07 Å². The number of amides is 1. The van der Waals surface area contributed by atoms with Crippen LogP contribution in [-0.2, 0) is 11.3 Å². The summed E-state index contributed by atoms with van der Waals surface area (Å²) in [4.78, 5) is 13.1. The summed E-state index contributed by atoms with van der Waals surface area (Å²) in [5.41, 5.74) is 0.852. The lowest BCUT2D eigenvalue weighted by Crippen LogP contribution is -2.32. The van der Waals surface area contributed by atoms with Crippen LogP contribution in [0.5, 0.6) is 0 Å². The number of nitrogens with zero attached hydrogens (tertiary/aromatic N) is 2. The lowest BCUT2D eigenvalue weighted by molar-refractivity contribution is -0.129. The lowest BCUT2D eigenvalue weighted by atomic mass is 10.2. The Hall–Kier alpha value is -1.24. The Balaban J connectivity index is 2.76. The number of rotatable bonds is 5. The molecule has 3 nitrogen and oxygen atoms in total. The predicted octanol–water partition coefficient (Wildman–Crippen LogP) is 2.82. The minimum atomic E-state index is -0.193. The molecular weight excluding hydrogens is 259 g/mol. The van der Waals surface area contributed by atoms with E-state index in [1.165, 1.54) is 4.90 Å². The smallest absolute Gasteiger partial charge is 0.237 e. The number of alkyl halides is 1. The van der Waals surface area contributed by atoms with E-state index < -0.39 is 0 Å². The highest BCUT2D eigenvalue weighted by atomic mass is 35.5. The van der Waals surface area contributed by atoms with Crippen molar-refractivity contribution in [2.45, 2.75) is 13.0 Å². The molecule has 90 valence electrons. The lowest BCUT2D eigenvalue weighted by Gasteiger charge is -2.21. The predicted molar refractivity (Wildman–Crippen MR) is 67.8 cm³/mol. The molecule has 0 radical (unpaired) electrons. The van der Waals surface area contributed by atoms with Crippen LogP contribution in [0.1, 0.15) is 12.0 Å². The standard InChI is InChI=1S/C12H12Cl2N2O/c13-8-12(17)16(7-3-6-15)9-10-4-1-2-5-11(10)14/h1-2,4-5H,3,7-9H2. The average Bonchev–Trinajstić information content (AvgIpc) is 2.35. The zero-order valence-corrected chi connectivity index (χ0v) is 10.7. The number of halogens is 2. The second kappa shape index (κ2) is 7.16. The zero-order valence-electron chi connectivity index (χ0n) is 9.20. The van der Waals surface area contributed by atoms with E-state index in [0.717, 1.165) is 5.56 Å². The second-order valence-electron chi connectivity index (χ2n) is 3.45. The van der Waals surface area contributed by atoms with Crippen molar-refractivity contribution in [2.24, 2.45) is 0 Å². The first-order valence-corrected chi connectivity index (χ1v) is 6.04. The van der Waals surface area contributed by atoms with E-state index in [9.17, 15) is 4.79 Å². The zero-order chi connectivity index (χ0) is 12.7. The molecule has 0 aliphatic carbocycles. The Morgan fingerprint density at radius 3 is 2.71 bits per heavy atom. The van der Waals surface area contributed by atoms with E-state index in [2.05, 4.69) is 0 Å². The molecule has 0 fully saturated rings. The maximum Gasteiger partial charge on any atom is 0.237 e. The average molecular weight is 271 g/mol. The number of benzene rings is 1. The van der Waals surface area contributed by atoms with E-state index in [4.69, 9.17) is 28.5 Å². The molecule has 0 aliphatic rings. The summed E-state index contributed by atoms with van der Waals surface area (Å²) in [7, 11) is 0. The first-order chi connectivity index (χ1) is 8.19. The van der Waals surface area contributed by atoms with Crippen molar-refractivity contribution >= 4 is 29.1 Å². The third-order valence-electron chi connectivity index (χ3n) is 2.28. The van der Waals surface area contributed by atoms with E-state index in [-0.39, 0.29) is 18.2 Å². The van der Waals surface area contributed by atoms with Crippen molar-refractivity contribution in [3.05, 3.63) is 34.9 Å². The minimum absolute atomic E-state index is 0.0874. The van der Waals surface area contributed by atoms with Gasteiger partial charge in [0.05, 0.1) is 12.5 Å². The molecule has 0 heterocycles. The van der Waals surface area contributed by atoms with E-state index >= 15 is 0 Å². The van der Waals surface area contributed by atoms with Crippen LogP contribution in [0.4, 0.5) is 0 Å². The Morgan fingerprint density at radius 2 is 2.12 bits per heavy atom. The topological polar surface area (TPSA) is 44.1 Å². The summed E-state index contributed by atoms with van der Waals surface area (Å²) in [6.45, 7) is 0.750. The Morgan fingerprint density at radius 1 is 1.41 bits per heavy atom. The van der Waals surface area contributed by atoms with Crippen molar-refractivity contribution in [2.75, 3.05) is 12.4 Å². The normalized spacial score (nSPS) is 9.71. The Kier molecular flexibility index (Phi) is 5.82. The number of carbonyl (C=O) groups excluding carboxylic acids is 1. The minimum Gasteiger partial charge on any atom is -0.336 e. The fraction of sp³-hybridized carbons (Fsp3) is 0.333. The largest absolute Gasteiger partial charge is 0.336 e. The number of nitriles is 1. The van der Waals surface area contributed by atoms with Crippen molar-refractivity contribution in [3.8, 4) is 6.07 Å². The second-order valence-corrected chi connectivity index (χ2v) is 4.12. The van der Waals surface area contributed by atoms with Gasteiger partial charge in [-0.2, -0.15) is 5.26 Å². The summed E-state index contributed by atoms with van der Waals surface area (Å²) in [6, 6.07) is 9.31. The molecule has 1 rings (SSSR count). The molecule has 0 N–H and O–H groups in total. The van der Waals surface area contributed by atoms with Gasteiger partial charge < -0.3 is 4.90 Å². The summed E-state index contributed by atoms with van der Waals surface area (Å²) in [5.74, 6) is -0.280. The van der Waals surface area contributed by atoms with E-state index in [1.807, 2.05) is 24.3 Å². The monoisotopic (exact) mass is 270 g/mol. The number of carbonyl (C=O) groups is 1. The molecule has 0 bridgehead atoms. The highest BCUT2D eigenvalue weighted by Crippen LogP contribution is 2.17. The maximum atomic E-state index is 11.6. The van der Waals surface area contributed by atoms with Gasteiger partial charge in [-0.25, -0.2) is 0 Å². The third kappa shape index (κ3) is 4.26. The molecule has 0 atom stereocenters. The van der Waals surface area contributed by atoms with Gasteiger partial charge in [-0.3, -0.25) is 4.79 Å². The van der Waals surface area contributed by atoms with Gasteiger partial charge >= 0.3 is 0 Å². The van der Waals surface area contributed by atoms with E-state index in [0.29, 0.717) is 18.1 Å². The highest BCUT2D eigenvalue weighted by molar-refractivity contribution is 6.31. The third-order valence-corrected chi connectivity index (χ3v) is 2.88. The molecule has 0 saturated heterocycles. The first kappa shape index (κ1) is 13.8. The molecule has 0 unspecified atom stereocenters. The Labute approximate surface area is 111 Å². The summed E-state index contributed by atoms with van der Waals surface area (Å²) in [5, 5.41) is 9.15. The van der Waals surface area contributed by atoms with Gasteiger partial charge in [0.2, 0.25) is 5.91 Å². The molecule has 5 heteroatoms. The SMILES string of the molecule is N#CCCN(Cc1ccccc1Cl)C(=O)CCl. The van der Waals surface area contributed by atoms with Crippen LogP contribution in [-0.4, -0.2) is 23.2 Å². The van der Waals surface area contributed by atoms with Crippen LogP contribution in [0.2, 0.25) is 5.02 Å². The van der Waals surface area contributed by atoms with Crippen LogP contribution in [0, 0.1) is 11.3 Å². The fourth-order valence-electron chi connectivity index (χ4n) is 1.39. The van der Waals surface area contributed by atoms with Crippen LogP contribution in [0.15, 0.2) is 24.3 Å². The van der Waals surface area contributed by atoms with Gasteiger partial charge in [-0.1, -0.05) is 29.8 Å². The van der Waals surface area contributed by atoms with Gasteiger partial charge in [0, 0.05) is 18.1 Å². The van der Waals surface area contributed by atoms with Crippen molar-refractivity contribution < 1.29 is 4.79 Å². The van der Waals surface area contributed by atoms with Crippen molar-refractivity contribution in [1.82, 2.24) is 4.90 Å². The molecule has 1 amide bonds. The molecule has 0 aromatic heterocycles. The van der Waals surface area contributed by atoms with Gasteiger partial charge in [0.25, 0.3) is 0 Å². The Bertz CT molecular complexity index is 429. The summed E-state index contributed by atoms with van der Waals surface area (Å²) in [6.07, 6.45) is 0.285. The van der Waals surface area contributed by atoms with Crippen molar-refractivity contribution in [1.29, 1.82) is 5.26 Å². The molecule has 0 spiro atoms. The van der Waals surface area contributed by atoms with Crippen LogP contribution >= 0.6 is 23.2 Å². The summed E-state index contributed by atoms with van der Waals surface area (Å²) < 4.78 is 0. The summed E-state index contributed by atoms with van der Waals surface area (Å²) >= 11 is 11.5. The number of hydrogen-bond acceptors (Lipinski definition) is 2. The molecular formula is C12H12Cl2N2O. The molecule has 0 aliphatic heterocycles. The highest BCUT2D eigenvalue weighted by Gasteiger charge is 2.13. The maximum absolute atomic E-state index is 11.6. The molecule has 1 aromatic rings.